The van der Waals surface area contributed by atoms with Gasteiger partial charge in [0.15, 0.2) is 0 Å². The Morgan fingerprint density at radius 3 is 1.92 bits per heavy atom. The number of nitrogens with one attached hydrogen (secondary N) is 2. The zero-order valence-electron chi connectivity index (χ0n) is 27.1. The van der Waals surface area contributed by atoms with E-state index >= 15 is 0 Å². The summed E-state index contributed by atoms with van der Waals surface area (Å²) in [4.78, 5) is 30.9. The summed E-state index contributed by atoms with van der Waals surface area (Å²) in [6.07, 6.45) is 1.88. The van der Waals surface area contributed by atoms with E-state index in [-0.39, 0.29) is 6.42 Å². The molecule has 6 rings (SSSR count). The number of aliphatic carboxylic acids is 1. The fraction of sp³-hybridized carbons (Fsp3) is 0.171. The van der Waals surface area contributed by atoms with Gasteiger partial charge in [0.25, 0.3) is 5.91 Å². The minimum Gasteiger partial charge on any atom is -0.492 e. The normalized spacial score (nSPS) is 11.7. The van der Waals surface area contributed by atoms with Crippen molar-refractivity contribution in [3.8, 4) is 11.5 Å². The Morgan fingerprint density at radius 1 is 0.714 bits per heavy atom. The lowest BCUT2D eigenvalue weighted by Crippen LogP contribution is -2.42. The predicted molar refractivity (Wildman–Crippen MR) is 191 cm³/mol. The highest BCUT2D eigenvalue weighted by Gasteiger charge is 2.23. The maximum atomic E-state index is 13.1. The maximum Gasteiger partial charge on any atom is 0.326 e. The molecule has 0 bridgehead atoms. The average molecular weight is 654 g/mol. The third-order valence-electron chi connectivity index (χ3n) is 8.31. The van der Waals surface area contributed by atoms with E-state index in [0.29, 0.717) is 36.8 Å². The van der Waals surface area contributed by atoms with Crippen molar-refractivity contribution in [1.82, 2.24) is 15.2 Å². The zero-order chi connectivity index (χ0) is 33.8. The third kappa shape index (κ3) is 9.37. The number of benzene rings is 5. The Bertz CT molecular complexity index is 1900. The van der Waals surface area contributed by atoms with E-state index in [9.17, 15) is 14.7 Å². The summed E-state index contributed by atoms with van der Waals surface area (Å²) in [6, 6.07) is 41.9. The van der Waals surface area contributed by atoms with Gasteiger partial charge in [0.2, 0.25) is 0 Å². The second-order valence-corrected chi connectivity index (χ2v) is 11.9. The van der Waals surface area contributed by atoms with Gasteiger partial charge in [-0.2, -0.15) is 0 Å². The number of aromatic nitrogens is 1. The molecule has 248 valence electrons. The van der Waals surface area contributed by atoms with Gasteiger partial charge in [0.1, 0.15) is 30.8 Å². The first-order chi connectivity index (χ1) is 24.0. The van der Waals surface area contributed by atoms with E-state index in [1.807, 2.05) is 84.9 Å². The smallest absolute Gasteiger partial charge is 0.326 e. The summed E-state index contributed by atoms with van der Waals surface area (Å²) in [5, 5.41) is 13.5. The van der Waals surface area contributed by atoms with Gasteiger partial charge in [0, 0.05) is 48.7 Å². The quantitative estimate of drug-likeness (QED) is 0.102. The van der Waals surface area contributed by atoms with E-state index in [1.54, 1.807) is 30.5 Å². The third-order valence-corrected chi connectivity index (χ3v) is 8.31. The number of ether oxygens (including phenoxy) is 2. The van der Waals surface area contributed by atoms with Crippen LogP contribution >= 0.6 is 0 Å². The maximum absolute atomic E-state index is 13.1. The number of carboxylic acid groups (broad SMARTS) is 1. The Balaban J connectivity index is 1.04. The molecule has 0 saturated heterocycles. The van der Waals surface area contributed by atoms with Crippen molar-refractivity contribution in [1.29, 1.82) is 0 Å². The van der Waals surface area contributed by atoms with E-state index in [1.165, 1.54) is 11.1 Å². The van der Waals surface area contributed by atoms with Crippen LogP contribution in [0.3, 0.4) is 0 Å². The van der Waals surface area contributed by atoms with E-state index < -0.39 is 17.9 Å². The van der Waals surface area contributed by atoms with Crippen LogP contribution in [-0.4, -0.2) is 46.1 Å². The monoisotopic (exact) mass is 653 g/mol. The van der Waals surface area contributed by atoms with Gasteiger partial charge in [0.05, 0.1) is 0 Å². The first kappa shape index (κ1) is 33.1. The molecule has 0 saturated carbocycles. The molecule has 0 spiro atoms. The predicted octanol–water partition coefficient (Wildman–Crippen LogP) is 7.25. The van der Waals surface area contributed by atoms with Crippen molar-refractivity contribution in [2.45, 2.75) is 32.2 Å². The van der Waals surface area contributed by atoms with Crippen molar-refractivity contribution in [2.75, 3.05) is 13.2 Å². The molecule has 8 heteroatoms. The Hall–Kier alpha value is -5.86. The molecule has 1 aromatic heterocycles. The van der Waals surface area contributed by atoms with Gasteiger partial charge in [-0.15, -0.1) is 0 Å². The standard InChI is InChI=1S/C41H39N3O5/c45-40(43-39(41(46)47)24-34-26-42-38-21-20-36(25-37(34)38)49-29-32-14-8-3-9-15-32)33-16-18-35(19-17-33)48-23-22-44(27-30-10-4-1-5-11-30)28-31-12-6-2-7-13-31/h1-21,25-26,39,42H,22-24,27-29H2,(H,43,45)(H,46,47). The summed E-state index contributed by atoms with van der Waals surface area (Å²) < 4.78 is 12.0. The molecule has 1 atom stereocenters. The molecule has 3 N–H and O–H groups in total. The number of carboxylic acids is 1. The highest BCUT2D eigenvalue weighted by Crippen LogP contribution is 2.26. The molecule has 1 unspecified atom stereocenters. The first-order valence-electron chi connectivity index (χ1n) is 16.3. The summed E-state index contributed by atoms with van der Waals surface area (Å²) in [6.45, 7) is 3.19. The summed E-state index contributed by atoms with van der Waals surface area (Å²) in [7, 11) is 0. The number of rotatable bonds is 16. The summed E-state index contributed by atoms with van der Waals surface area (Å²) in [5.74, 6) is -0.275. The molecule has 6 aromatic rings. The number of hydrogen-bond acceptors (Lipinski definition) is 5. The van der Waals surface area contributed by atoms with Gasteiger partial charge in [-0.1, -0.05) is 91.0 Å². The van der Waals surface area contributed by atoms with Crippen LogP contribution in [0, 0.1) is 0 Å². The van der Waals surface area contributed by atoms with Crippen LogP contribution in [-0.2, 0) is 30.9 Å². The number of hydrogen-bond donors (Lipinski definition) is 3. The Morgan fingerprint density at radius 2 is 1.31 bits per heavy atom. The average Bonchev–Trinajstić information content (AvgIpc) is 3.53. The minimum atomic E-state index is -1.13. The molecule has 0 fully saturated rings. The van der Waals surface area contributed by atoms with Crippen LogP contribution < -0.4 is 14.8 Å². The number of nitrogens with zero attached hydrogens (tertiary/aromatic N) is 1. The van der Waals surface area contributed by atoms with Crippen LogP contribution in [0.15, 0.2) is 140 Å². The molecule has 49 heavy (non-hydrogen) atoms. The molecule has 0 aliphatic carbocycles. The first-order valence-corrected chi connectivity index (χ1v) is 16.3. The second kappa shape index (κ2) is 16.3. The zero-order valence-corrected chi connectivity index (χ0v) is 27.1. The fourth-order valence-electron chi connectivity index (χ4n) is 5.71. The second-order valence-electron chi connectivity index (χ2n) is 11.9. The molecule has 0 radical (unpaired) electrons. The molecule has 5 aromatic carbocycles. The van der Waals surface area contributed by atoms with Gasteiger partial charge in [-0.25, -0.2) is 4.79 Å². The van der Waals surface area contributed by atoms with Crippen LogP contribution in [0.25, 0.3) is 10.9 Å². The number of amides is 1. The van der Waals surface area contributed by atoms with E-state index in [2.05, 4.69) is 39.5 Å². The number of aromatic amines is 1. The highest BCUT2D eigenvalue weighted by atomic mass is 16.5. The molecule has 8 nitrogen and oxygen atoms in total. The van der Waals surface area contributed by atoms with Crippen molar-refractivity contribution < 1.29 is 24.2 Å². The molecule has 0 aliphatic heterocycles. The highest BCUT2D eigenvalue weighted by molar-refractivity contribution is 5.97. The number of carbonyl (C=O) groups excluding carboxylic acids is 1. The molecular formula is C41H39N3O5. The number of fused-ring (bicyclic) bond motifs is 1. The largest absolute Gasteiger partial charge is 0.492 e. The minimum absolute atomic E-state index is 0.104. The SMILES string of the molecule is O=C(NC(Cc1c[nH]c2ccc(OCc3ccccc3)cc12)C(=O)O)c1ccc(OCCN(Cc2ccccc2)Cc2ccccc2)cc1. The Labute approximate surface area is 285 Å². The van der Waals surface area contributed by atoms with Crippen LogP contribution in [0.2, 0.25) is 0 Å². The van der Waals surface area contributed by atoms with Gasteiger partial charge >= 0.3 is 5.97 Å². The number of carbonyl (C=O) groups is 2. The lowest BCUT2D eigenvalue weighted by Gasteiger charge is -2.23. The summed E-state index contributed by atoms with van der Waals surface area (Å²) in [5.41, 5.74) is 5.49. The van der Waals surface area contributed by atoms with E-state index in [4.69, 9.17) is 9.47 Å². The van der Waals surface area contributed by atoms with Crippen molar-refractivity contribution in [3.05, 3.63) is 167 Å². The van der Waals surface area contributed by atoms with Gasteiger partial charge in [-0.3, -0.25) is 9.69 Å². The van der Waals surface area contributed by atoms with Crippen LogP contribution in [0.1, 0.15) is 32.6 Å². The topological polar surface area (TPSA) is 104 Å². The number of H-pyrrole nitrogens is 1. The molecular weight excluding hydrogens is 614 g/mol. The van der Waals surface area contributed by atoms with Crippen molar-refractivity contribution >= 4 is 22.8 Å². The molecule has 1 amide bonds. The van der Waals surface area contributed by atoms with Crippen LogP contribution in [0.5, 0.6) is 11.5 Å². The Kier molecular flexibility index (Phi) is 11.0. The molecule has 0 aliphatic rings. The van der Waals surface area contributed by atoms with Gasteiger partial charge in [-0.05, 0) is 64.7 Å². The lowest BCUT2D eigenvalue weighted by atomic mass is 10.0. The van der Waals surface area contributed by atoms with Crippen molar-refractivity contribution in [3.63, 3.8) is 0 Å². The van der Waals surface area contributed by atoms with Gasteiger partial charge < -0.3 is 24.9 Å². The van der Waals surface area contributed by atoms with E-state index in [0.717, 1.165) is 35.1 Å². The van der Waals surface area contributed by atoms with Crippen LogP contribution in [0.4, 0.5) is 0 Å². The molecule has 1 heterocycles. The fourth-order valence-corrected chi connectivity index (χ4v) is 5.71. The lowest BCUT2D eigenvalue weighted by molar-refractivity contribution is -0.139. The van der Waals surface area contributed by atoms with Crippen molar-refractivity contribution in [2.24, 2.45) is 0 Å². The summed E-state index contributed by atoms with van der Waals surface area (Å²) >= 11 is 0.